The first-order valence-corrected chi connectivity index (χ1v) is 18.6. The standard InChI is InChI=1S/C33H60N7O15/c1-35-23(30(48)38-7-6-34)31(49)40-19(29(47)39-10-12-51-14-13-50-2)15-22(42)37-9-8-36-16-20-18-5-3-4-11-52-32-27(46)25(44)28(21(17-41)54-32)55-33(53-20)26(45)24(18)43/h18-21,23-28,32-36,41,43-46H,3-17H2,1-2H3,(H,37,42)(H,38,48)(H,39,47)(H,40,49)/t18?,19?,20?,21?,23?,24-,25?,26+,27?,28?,32+,33-/m0/s1. The van der Waals surface area contributed by atoms with Crippen molar-refractivity contribution in [2.75, 3.05) is 86.5 Å². The van der Waals surface area contributed by atoms with Crippen LogP contribution in [-0.2, 0) is 47.6 Å². The van der Waals surface area contributed by atoms with Gasteiger partial charge >= 0.3 is 0 Å². The molecule has 0 saturated carbocycles. The maximum absolute atomic E-state index is 13.0. The maximum Gasteiger partial charge on any atom is 0.247 e. The van der Waals surface area contributed by atoms with E-state index in [0.29, 0.717) is 32.5 Å². The first-order chi connectivity index (χ1) is 26.5. The number of aliphatic hydroxyl groups is 5. The highest BCUT2D eigenvalue weighted by molar-refractivity contribution is 6.06. The van der Waals surface area contributed by atoms with Gasteiger partial charge in [0.25, 0.3) is 0 Å². The van der Waals surface area contributed by atoms with Gasteiger partial charge in [-0.3, -0.25) is 24.9 Å². The third-order valence-corrected chi connectivity index (χ3v) is 9.39. The van der Waals surface area contributed by atoms with Crippen LogP contribution >= 0.6 is 0 Å². The summed E-state index contributed by atoms with van der Waals surface area (Å²) in [6, 6.07) is -2.74. The zero-order valence-electron chi connectivity index (χ0n) is 31.4. The lowest BCUT2D eigenvalue weighted by atomic mass is 9.84. The van der Waals surface area contributed by atoms with Crippen LogP contribution < -0.4 is 37.6 Å². The quantitative estimate of drug-likeness (QED) is 0.0380. The van der Waals surface area contributed by atoms with Gasteiger partial charge in [-0.25, -0.2) is 0 Å². The Morgan fingerprint density at radius 2 is 1.53 bits per heavy atom. The molecule has 6 fully saturated rings. The molecule has 22 nitrogen and oxygen atoms in total. The van der Waals surface area contributed by atoms with Crippen molar-refractivity contribution in [3.63, 3.8) is 0 Å². The predicted octanol–water partition coefficient (Wildman–Crippen LogP) is -6.58. The lowest BCUT2D eigenvalue weighted by Crippen LogP contribution is -2.64. The second-order valence-electron chi connectivity index (χ2n) is 13.3. The Morgan fingerprint density at radius 1 is 0.800 bits per heavy atom. The van der Waals surface area contributed by atoms with Gasteiger partial charge in [0.2, 0.25) is 23.6 Å². The van der Waals surface area contributed by atoms with E-state index in [-0.39, 0.29) is 52.5 Å². The van der Waals surface area contributed by atoms with Gasteiger partial charge in [-0.15, -0.1) is 0 Å². The van der Waals surface area contributed by atoms with E-state index in [1.807, 2.05) is 0 Å². The molecule has 4 amide bonds. The van der Waals surface area contributed by atoms with E-state index < -0.39 is 110 Å². The summed E-state index contributed by atoms with van der Waals surface area (Å²) in [4.78, 5) is 51.4. The van der Waals surface area contributed by atoms with E-state index in [1.165, 1.54) is 14.2 Å². The van der Waals surface area contributed by atoms with Crippen LogP contribution in [0.15, 0.2) is 0 Å². The van der Waals surface area contributed by atoms with E-state index in [4.69, 9.17) is 34.2 Å². The number of likely N-dealkylation sites (N-methyl/N-ethyl adjacent to an activating group) is 1. The lowest BCUT2D eigenvalue weighted by molar-refractivity contribution is -0.356. The Bertz CT molecular complexity index is 1180. The second kappa shape index (κ2) is 24.8. The Kier molecular flexibility index (Phi) is 21.1. The molecule has 6 rings (SSSR count). The number of hydrogen-bond donors (Lipinski definition) is 11. The molecule has 6 aliphatic rings. The first-order valence-electron chi connectivity index (χ1n) is 18.6. The van der Waals surface area contributed by atoms with Crippen LogP contribution in [0.3, 0.4) is 0 Å². The maximum atomic E-state index is 13.0. The summed E-state index contributed by atoms with van der Waals surface area (Å²) in [5, 5.41) is 69.2. The molecule has 0 aliphatic carbocycles. The minimum absolute atomic E-state index is 0.0179. The molecule has 12 N–H and O–H groups in total. The summed E-state index contributed by atoms with van der Waals surface area (Å²) in [7, 11) is 2.90. The molecule has 22 heteroatoms. The van der Waals surface area contributed by atoms with Crippen molar-refractivity contribution in [3.05, 3.63) is 0 Å². The van der Waals surface area contributed by atoms with E-state index in [0.717, 1.165) is 0 Å². The van der Waals surface area contributed by atoms with Crippen LogP contribution in [0.1, 0.15) is 25.7 Å². The lowest BCUT2D eigenvalue weighted by Gasteiger charge is -2.47. The molecule has 0 aromatic rings. The van der Waals surface area contributed by atoms with Gasteiger partial charge in [-0.1, -0.05) is 6.42 Å². The van der Waals surface area contributed by atoms with Crippen LogP contribution in [0.2, 0.25) is 0 Å². The molecular weight excluding hydrogens is 734 g/mol. The fraction of sp³-hybridized carbons (Fsp3) is 0.879. The van der Waals surface area contributed by atoms with Crippen molar-refractivity contribution in [1.82, 2.24) is 37.6 Å². The highest BCUT2D eigenvalue weighted by Gasteiger charge is 2.51. The van der Waals surface area contributed by atoms with E-state index in [2.05, 4.69) is 31.9 Å². The van der Waals surface area contributed by atoms with Gasteiger partial charge in [0.05, 0.1) is 45.1 Å². The molecule has 12 atom stereocenters. The molecule has 0 spiro atoms. The second-order valence-corrected chi connectivity index (χ2v) is 13.3. The zero-order chi connectivity index (χ0) is 40.3. The molecule has 1 radical (unpaired) electrons. The fourth-order valence-electron chi connectivity index (χ4n) is 6.39. The topological polar surface area (TPSA) is 321 Å². The van der Waals surface area contributed by atoms with Crippen molar-refractivity contribution in [2.24, 2.45) is 5.92 Å². The van der Waals surface area contributed by atoms with Crippen molar-refractivity contribution in [1.29, 1.82) is 0 Å². The number of rotatable bonds is 21. The Morgan fingerprint density at radius 3 is 2.24 bits per heavy atom. The van der Waals surface area contributed by atoms with Crippen molar-refractivity contribution < 1.29 is 73.1 Å². The fourth-order valence-corrected chi connectivity index (χ4v) is 6.39. The Balaban J connectivity index is 1.58. The highest BCUT2D eigenvalue weighted by atomic mass is 16.7. The number of amides is 4. The molecule has 4 bridgehead atoms. The number of aliphatic hydroxyl groups excluding tert-OH is 5. The van der Waals surface area contributed by atoms with Crippen molar-refractivity contribution in [3.8, 4) is 0 Å². The van der Waals surface area contributed by atoms with Crippen LogP contribution in [0.4, 0.5) is 0 Å². The molecule has 0 aromatic heterocycles. The number of carbonyl (C=O) groups excluding carboxylic acids is 4. The first kappa shape index (κ1) is 46.7. The predicted molar refractivity (Wildman–Crippen MR) is 189 cm³/mol. The van der Waals surface area contributed by atoms with Crippen LogP contribution in [0.25, 0.3) is 0 Å². The van der Waals surface area contributed by atoms with Gasteiger partial charge < -0.3 is 85.9 Å². The number of hydrogen-bond acceptors (Lipinski definition) is 17. The van der Waals surface area contributed by atoms with Gasteiger partial charge in [0.1, 0.15) is 36.6 Å². The molecule has 317 valence electrons. The number of methoxy groups -OCH3 is 1. The third kappa shape index (κ3) is 14.3. The summed E-state index contributed by atoms with van der Waals surface area (Å²) in [5.41, 5.74) is 7.22. The summed E-state index contributed by atoms with van der Waals surface area (Å²) in [6.07, 6.45) is -10.7. The third-order valence-electron chi connectivity index (χ3n) is 9.39. The SMILES string of the molecule is CNC(C(=O)NCC[NH])C(=O)NC(CC(=O)NCCNCC1O[C@H]2OC3C(CO)O[C@@H](OCCCCC1[C@H](O)[C@H]2O)C(O)C3O)C(=O)NCCOCCOC. The monoisotopic (exact) mass is 794 g/mol. The molecular formula is C33H60N7O15. The Hall–Kier alpha value is -2.68. The highest BCUT2D eigenvalue weighted by Crippen LogP contribution is 2.34. The minimum atomic E-state index is -1.56. The molecule has 6 saturated heterocycles. The van der Waals surface area contributed by atoms with Gasteiger partial charge in [0, 0.05) is 58.9 Å². The van der Waals surface area contributed by atoms with E-state index >= 15 is 0 Å². The molecule has 6 aliphatic heterocycles. The average Bonchev–Trinajstić information content (AvgIpc) is 3.16. The normalized spacial score (nSPS) is 30.8. The molecule has 8 unspecified atom stereocenters. The summed E-state index contributed by atoms with van der Waals surface area (Å²) >= 11 is 0. The average molecular weight is 795 g/mol. The summed E-state index contributed by atoms with van der Waals surface area (Å²) < 4.78 is 33.4. The van der Waals surface area contributed by atoms with Crippen LogP contribution in [-0.4, -0.2) is 203 Å². The van der Waals surface area contributed by atoms with Gasteiger partial charge in [0.15, 0.2) is 18.6 Å². The minimum Gasteiger partial charge on any atom is -0.394 e. The summed E-state index contributed by atoms with van der Waals surface area (Å²) in [5.74, 6) is -3.36. The van der Waals surface area contributed by atoms with Crippen LogP contribution in [0, 0.1) is 5.92 Å². The van der Waals surface area contributed by atoms with E-state index in [1.54, 1.807) is 0 Å². The van der Waals surface area contributed by atoms with E-state index in [9.17, 15) is 44.7 Å². The van der Waals surface area contributed by atoms with Crippen LogP contribution in [0.5, 0.6) is 0 Å². The summed E-state index contributed by atoms with van der Waals surface area (Å²) in [6.45, 7) is 0.783. The smallest absolute Gasteiger partial charge is 0.247 e. The molecule has 55 heavy (non-hydrogen) atoms. The molecule has 6 heterocycles. The Labute approximate surface area is 319 Å². The van der Waals surface area contributed by atoms with Crippen molar-refractivity contribution in [2.45, 2.75) is 93.1 Å². The number of ether oxygens (including phenoxy) is 6. The largest absolute Gasteiger partial charge is 0.394 e. The van der Waals surface area contributed by atoms with Gasteiger partial charge in [-0.2, -0.15) is 0 Å². The van der Waals surface area contributed by atoms with Crippen molar-refractivity contribution >= 4 is 23.6 Å². The zero-order valence-corrected chi connectivity index (χ0v) is 31.4. The number of nitrogens with one attached hydrogen (secondary N) is 7. The number of carbonyl (C=O) groups is 4. The van der Waals surface area contributed by atoms with Gasteiger partial charge in [-0.05, 0) is 19.9 Å². The molecule has 0 aromatic carbocycles.